The molecule has 0 unspecified atom stereocenters. The van der Waals surface area contributed by atoms with Gasteiger partial charge in [-0.25, -0.2) is 0 Å². The molecule has 0 fully saturated rings. The zero-order valence-corrected chi connectivity index (χ0v) is 15.6. The van der Waals surface area contributed by atoms with Gasteiger partial charge >= 0.3 is 0 Å². The van der Waals surface area contributed by atoms with E-state index >= 15 is 0 Å². The summed E-state index contributed by atoms with van der Waals surface area (Å²) in [5, 5.41) is 17.2. The van der Waals surface area contributed by atoms with Gasteiger partial charge in [0.1, 0.15) is 10.0 Å². The molecule has 0 spiro atoms. The van der Waals surface area contributed by atoms with E-state index in [1.54, 1.807) is 6.20 Å². The first-order valence-corrected chi connectivity index (χ1v) is 8.89. The van der Waals surface area contributed by atoms with E-state index in [1.165, 1.54) is 11.3 Å². The molecule has 0 radical (unpaired) electrons. The zero-order valence-electron chi connectivity index (χ0n) is 14.8. The van der Waals surface area contributed by atoms with Crippen LogP contribution in [0.5, 0.6) is 0 Å². The Bertz CT molecular complexity index is 877. The summed E-state index contributed by atoms with van der Waals surface area (Å²) < 4.78 is 1.86. The summed E-state index contributed by atoms with van der Waals surface area (Å²) in [5.74, 6) is -0.149. The van der Waals surface area contributed by atoms with Gasteiger partial charge in [-0.1, -0.05) is 41.7 Å². The third-order valence-electron chi connectivity index (χ3n) is 3.78. The van der Waals surface area contributed by atoms with Crippen LogP contribution in [0, 0.1) is 6.92 Å². The molecule has 0 aliphatic carbocycles. The standard InChI is InChI=1S/C18H21N5OS/c1-12-14(10-20-23(12)18(2,3)4)16(24)19-11-15-21-22-17(25-15)13-8-6-5-7-9-13/h5-10H,11H2,1-4H3,(H,19,24). The summed E-state index contributed by atoms with van der Waals surface area (Å²) in [4.78, 5) is 12.4. The third kappa shape index (κ3) is 3.76. The Labute approximate surface area is 150 Å². The lowest BCUT2D eigenvalue weighted by atomic mass is 10.1. The molecule has 3 aromatic rings. The van der Waals surface area contributed by atoms with E-state index in [-0.39, 0.29) is 11.4 Å². The molecule has 0 bridgehead atoms. The zero-order chi connectivity index (χ0) is 18.0. The van der Waals surface area contributed by atoms with Crippen molar-refractivity contribution in [1.29, 1.82) is 0 Å². The minimum atomic E-state index is -0.160. The molecule has 7 heteroatoms. The van der Waals surface area contributed by atoms with E-state index in [0.29, 0.717) is 12.1 Å². The molecular weight excluding hydrogens is 334 g/mol. The predicted molar refractivity (Wildman–Crippen MR) is 98.5 cm³/mol. The first-order valence-electron chi connectivity index (χ1n) is 8.07. The molecule has 6 nitrogen and oxygen atoms in total. The molecule has 0 atom stereocenters. The van der Waals surface area contributed by atoms with E-state index in [4.69, 9.17) is 0 Å². The summed E-state index contributed by atoms with van der Waals surface area (Å²) >= 11 is 1.48. The number of rotatable bonds is 4. The first-order chi connectivity index (χ1) is 11.9. The topological polar surface area (TPSA) is 72.7 Å². The average molecular weight is 355 g/mol. The fraction of sp³-hybridized carbons (Fsp3) is 0.333. The van der Waals surface area contributed by atoms with Crippen molar-refractivity contribution in [2.45, 2.75) is 39.8 Å². The summed E-state index contributed by atoms with van der Waals surface area (Å²) in [7, 11) is 0. The SMILES string of the molecule is Cc1c(C(=O)NCc2nnc(-c3ccccc3)s2)cnn1C(C)(C)C. The van der Waals surface area contributed by atoms with Gasteiger partial charge in [-0.3, -0.25) is 9.48 Å². The van der Waals surface area contributed by atoms with E-state index in [0.717, 1.165) is 21.3 Å². The molecule has 25 heavy (non-hydrogen) atoms. The number of nitrogens with one attached hydrogen (secondary N) is 1. The molecule has 0 aliphatic heterocycles. The highest BCUT2D eigenvalue weighted by Gasteiger charge is 2.21. The molecule has 2 aromatic heterocycles. The van der Waals surface area contributed by atoms with E-state index < -0.39 is 0 Å². The molecule has 1 N–H and O–H groups in total. The van der Waals surface area contributed by atoms with Crippen molar-refractivity contribution in [3.63, 3.8) is 0 Å². The van der Waals surface area contributed by atoms with Gasteiger partial charge in [0.15, 0.2) is 0 Å². The average Bonchev–Trinajstić information content (AvgIpc) is 3.19. The lowest BCUT2D eigenvalue weighted by Crippen LogP contribution is -2.26. The molecule has 2 heterocycles. The largest absolute Gasteiger partial charge is 0.345 e. The highest BCUT2D eigenvalue weighted by atomic mass is 32.1. The summed E-state index contributed by atoms with van der Waals surface area (Å²) in [6, 6.07) is 9.88. The molecule has 0 saturated carbocycles. The van der Waals surface area contributed by atoms with Crippen molar-refractivity contribution in [1.82, 2.24) is 25.3 Å². The van der Waals surface area contributed by atoms with Gasteiger partial charge in [-0.15, -0.1) is 10.2 Å². The van der Waals surface area contributed by atoms with Gasteiger partial charge in [-0.2, -0.15) is 5.10 Å². The molecule has 130 valence electrons. The van der Waals surface area contributed by atoms with Gasteiger partial charge in [0, 0.05) is 11.3 Å². The Morgan fingerprint density at radius 2 is 1.92 bits per heavy atom. The molecule has 0 aliphatic rings. The Kier molecular flexibility index (Phi) is 4.67. The summed E-state index contributed by atoms with van der Waals surface area (Å²) in [5.41, 5.74) is 2.31. The quantitative estimate of drug-likeness (QED) is 0.778. The van der Waals surface area contributed by atoms with Crippen LogP contribution in [0.3, 0.4) is 0 Å². The highest BCUT2D eigenvalue weighted by Crippen LogP contribution is 2.23. The fourth-order valence-corrected chi connectivity index (χ4v) is 3.37. The Hall–Kier alpha value is -2.54. The maximum atomic E-state index is 12.4. The van der Waals surface area contributed by atoms with Crippen LogP contribution in [-0.4, -0.2) is 25.9 Å². The number of nitrogens with zero attached hydrogens (tertiary/aromatic N) is 4. The van der Waals surface area contributed by atoms with E-state index in [2.05, 4.69) is 41.4 Å². The van der Waals surface area contributed by atoms with Crippen molar-refractivity contribution in [3.8, 4) is 10.6 Å². The first kappa shape index (κ1) is 17.3. The second-order valence-corrected chi connectivity index (χ2v) is 7.84. The Morgan fingerprint density at radius 1 is 1.20 bits per heavy atom. The fourth-order valence-electron chi connectivity index (χ4n) is 2.58. The van der Waals surface area contributed by atoms with Crippen LogP contribution < -0.4 is 5.32 Å². The Morgan fingerprint density at radius 3 is 2.56 bits per heavy atom. The second-order valence-electron chi connectivity index (χ2n) is 6.78. The molecular formula is C18H21N5OS. The summed E-state index contributed by atoms with van der Waals surface area (Å²) in [6.07, 6.45) is 1.62. The molecule has 3 rings (SSSR count). The van der Waals surface area contributed by atoms with E-state index in [1.807, 2.05) is 41.9 Å². The van der Waals surface area contributed by atoms with Crippen molar-refractivity contribution >= 4 is 17.2 Å². The van der Waals surface area contributed by atoms with Gasteiger partial charge in [0.25, 0.3) is 5.91 Å². The number of amides is 1. The molecule has 1 amide bonds. The number of benzene rings is 1. The van der Waals surface area contributed by atoms with Gasteiger partial charge < -0.3 is 5.32 Å². The van der Waals surface area contributed by atoms with Crippen LogP contribution in [0.15, 0.2) is 36.5 Å². The van der Waals surface area contributed by atoms with Gasteiger partial charge in [0.2, 0.25) is 0 Å². The number of hydrogen-bond donors (Lipinski definition) is 1. The highest BCUT2D eigenvalue weighted by molar-refractivity contribution is 7.14. The van der Waals surface area contributed by atoms with Crippen molar-refractivity contribution in [2.24, 2.45) is 0 Å². The van der Waals surface area contributed by atoms with Crippen molar-refractivity contribution < 1.29 is 4.79 Å². The number of aromatic nitrogens is 4. The number of hydrogen-bond acceptors (Lipinski definition) is 5. The van der Waals surface area contributed by atoms with Crippen LogP contribution in [0.25, 0.3) is 10.6 Å². The normalized spacial score (nSPS) is 11.5. The van der Waals surface area contributed by atoms with Crippen LogP contribution in [-0.2, 0) is 12.1 Å². The lowest BCUT2D eigenvalue weighted by molar-refractivity contribution is 0.0950. The maximum Gasteiger partial charge on any atom is 0.255 e. The smallest absolute Gasteiger partial charge is 0.255 e. The monoisotopic (exact) mass is 355 g/mol. The maximum absolute atomic E-state index is 12.4. The van der Waals surface area contributed by atoms with Gasteiger partial charge in [0.05, 0.1) is 23.8 Å². The Balaban J connectivity index is 1.68. The third-order valence-corrected chi connectivity index (χ3v) is 4.75. The van der Waals surface area contributed by atoms with Crippen molar-refractivity contribution in [2.75, 3.05) is 0 Å². The van der Waals surface area contributed by atoms with Crippen LogP contribution >= 0.6 is 11.3 Å². The van der Waals surface area contributed by atoms with Crippen molar-refractivity contribution in [3.05, 3.63) is 52.8 Å². The van der Waals surface area contributed by atoms with Crippen LogP contribution in [0.1, 0.15) is 41.8 Å². The minimum absolute atomic E-state index is 0.149. The van der Waals surface area contributed by atoms with Gasteiger partial charge in [-0.05, 0) is 27.7 Å². The molecule has 0 saturated heterocycles. The number of carbonyl (C=O) groups excluding carboxylic acids is 1. The van der Waals surface area contributed by atoms with E-state index in [9.17, 15) is 4.79 Å². The van der Waals surface area contributed by atoms with Crippen LogP contribution in [0.2, 0.25) is 0 Å². The predicted octanol–water partition coefficient (Wildman–Crippen LogP) is 3.40. The second kappa shape index (κ2) is 6.76. The lowest BCUT2D eigenvalue weighted by Gasteiger charge is -2.21. The minimum Gasteiger partial charge on any atom is -0.345 e. The number of carbonyl (C=O) groups is 1. The molecule has 1 aromatic carbocycles. The van der Waals surface area contributed by atoms with Crippen LogP contribution in [0.4, 0.5) is 0 Å². The summed E-state index contributed by atoms with van der Waals surface area (Å²) in [6.45, 7) is 8.43.